The minimum absolute atomic E-state index is 0.270. The number of nitrogens with zero attached hydrogens (tertiary/aromatic N) is 3. The number of hydrogen-bond acceptors (Lipinski definition) is 5. The van der Waals surface area contributed by atoms with Crippen molar-refractivity contribution in [3.63, 3.8) is 0 Å². The largest absolute Gasteiger partial charge is 0.382 e. The number of halogens is 1. The highest BCUT2D eigenvalue weighted by Crippen LogP contribution is 2.20. The third-order valence-corrected chi connectivity index (χ3v) is 1.99. The van der Waals surface area contributed by atoms with Gasteiger partial charge >= 0.3 is 0 Å². The molecule has 4 N–H and O–H groups in total. The predicted octanol–water partition coefficient (Wildman–Crippen LogP) is 1.44. The Bertz CT molecular complexity index is 563. The summed E-state index contributed by atoms with van der Waals surface area (Å²) in [4.78, 5) is 0. The standard InChI is InChI=1S/C10H7ClN6/c11-7-2-1-6(4-12)8(3-7)16-17-9(5-13)10(14)15/h1-3,16H,(H3,14,15)/b17-9+. The predicted molar refractivity (Wildman–Crippen MR) is 64.8 cm³/mol. The van der Waals surface area contributed by atoms with E-state index >= 15 is 0 Å². The molecule has 0 aliphatic rings. The molecular formula is C10H7ClN6. The lowest BCUT2D eigenvalue weighted by Crippen LogP contribution is -2.21. The first-order valence-corrected chi connectivity index (χ1v) is 4.74. The average molecular weight is 247 g/mol. The van der Waals surface area contributed by atoms with Gasteiger partial charge in [-0.3, -0.25) is 10.8 Å². The van der Waals surface area contributed by atoms with E-state index in [9.17, 15) is 0 Å². The molecule has 0 fully saturated rings. The topological polar surface area (TPSA) is 122 Å². The maximum absolute atomic E-state index is 8.83. The molecule has 17 heavy (non-hydrogen) atoms. The van der Waals surface area contributed by atoms with Gasteiger partial charge in [0.15, 0.2) is 5.84 Å². The average Bonchev–Trinajstić information content (AvgIpc) is 2.29. The molecule has 6 nitrogen and oxygen atoms in total. The summed E-state index contributed by atoms with van der Waals surface area (Å²) in [6.45, 7) is 0. The van der Waals surface area contributed by atoms with E-state index in [2.05, 4.69) is 10.5 Å². The van der Waals surface area contributed by atoms with E-state index in [1.807, 2.05) is 6.07 Å². The van der Waals surface area contributed by atoms with Gasteiger partial charge in [-0.25, -0.2) is 0 Å². The van der Waals surface area contributed by atoms with Crippen molar-refractivity contribution in [2.24, 2.45) is 10.8 Å². The van der Waals surface area contributed by atoms with Crippen molar-refractivity contribution < 1.29 is 0 Å². The number of hydrogen-bond donors (Lipinski definition) is 3. The quantitative estimate of drug-likeness (QED) is 0.424. The first-order chi connectivity index (χ1) is 8.08. The molecule has 0 aromatic heterocycles. The molecule has 1 aromatic carbocycles. The zero-order valence-electron chi connectivity index (χ0n) is 8.53. The zero-order valence-corrected chi connectivity index (χ0v) is 9.28. The van der Waals surface area contributed by atoms with Gasteiger partial charge in [-0.2, -0.15) is 15.6 Å². The van der Waals surface area contributed by atoms with E-state index in [0.717, 1.165) is 0 Å². The Kier molecular flexibility index (Phi) is 4.04. The molecule has 0 unspecified atom stereocenters. The maximum Gasteiger partial charge on any atom is 0.201 e. The number of amidine groups is 1. The molecule has 0 aliphatic carbocycles. The lowest BCUT2D eigenvalue weighted by molar-refractivity contribution is 1.32. The smallest absolute Gasteiger partial charge is 0.201 e. The van der Waals surface area contributed by atoms with Crippen LogP contribution in [0.4, 0.5) is 5.69 Å². The second kappa shape index (κ2) is 5.50. The first kappa shape index (κ1) is 12.5. The van der Waals surface area contributed by atoms with Crippen molar-refractivity contribution in [2.75, 3.05) is 5.43 Å². The van der Waals surface area contributed by atoms with Crippen molar-refractivity contribution in [1.29, 1.82) is 15.9 Å². The molecule has 0 spiro atoms. The second-order valence-electron chi connectivity index (χ2n) is 2.90. The summed E-state index contributed by atoms with van der Waals surface area (Å²) >= 11 is 5.76. The summed E-state index contributed by atoms with van der Waals surface area (Å²) in [6, 6.07) is 8.14. The van der Waals surface area contributed by atoms with E-state index in [-0.39, 0.29) is 5.71 Å². The Morgan fingerprint density at radius 1 is 1.47 bits per heavy atom. The van der Waals surface area contributed by atoms with E-state index in [4.69, 9.17) is 33.3 Å². The van der Waals surface area contributed by atoms with Gasteiger partial charge in [-0.15, -0.1) is 0 Å². The SMILES string of the molecule is N#C/C(=N\Nc1cc(Cl)ccc1C#N)C(=N)N. The third kappa shape index (κ3) is 3.20. The summed E-state index contributed by atoms with van der Waals surface area (Å²) in [5.74, 6) is -0.458. The molecule has 0 bridgehead atoms. The first-order valence-electron chi connectivity index (χ1n) is 4.36. The monoisotopic (exact) mass is 246 g/mol. The van der Waals surface area contributed by atoms with Crippen LogP contribution in [-0.4, -0.2) is 11.5 Å². The highest BCUT2D eigenvalue weighted by atomic mass is 35.5. The van der Waals surface area contributed by atoms with Crippen LogP contribution in [-0.2, 0) is 0 Å². The second-order valence-corrected chi connectivity index (χ2v) is 3.34. The fraction of sp³-hybridized carbons (Fsp3) is 0. The molecule has 1 aromatic rings. The van der Waals surface area contributed by atoms with Crippen molar-refractivity contribution in [3.05, 3.63) is 28.8 Å². The number of anilines is 1. The fourth-order valence-corrected chi connectivity index (χ4v) is 1.14. The van der Waals surface area contributed by atoms with Crippen molar-refractivity contribution in [3.8, 4) is 12.1 Å². The fourth-order valence-electron chi connectivity index (χ4n) is 0.968. The number of rotatable bonds is 3. The molecule has 0 saturated carbocycles. The number of nitrogens with one attached hydrogen (secondary N) is 2. The Morgan fingerprint density at radius 3 is 2.71 bits per heavy atom. The van der Waals surface area contributed by atoms with Crippen LogP contribution in [0.1, 0.15) is 5.56 Å². The Labute approximate surface area is 102 Å². The van der Waals surface area contributed by atoms with Crippen LogP contribution in [0.5, 0.6) is 0 Å². The Balaban J connectivity index is 3.05. The molecule has 0 amide bonds. The number of nitriles is 2. The van der Waals surface area contributed by atoms with Crippen LogP contribution in [0.2, 0.25) is 5.02 Å². The number of hydrazone groups is 1. The van der Waals surface area contributed by atoms with Gasteiger partial charge in [-0.1, -0.05) is 11.6 Å². The van der Waals surface area contributed by atoms with Crippen LogP contribution >= 0.6 is 11.6 Å². The van der Waals surface area contributed by atoms with Crippen molar-refractivity contribution >= 4 is 28.8 Å². The molecule has 0 radical (unpaired) electrons. The lowest BCUT2D eigenvalue weighted by Gasteiger charge is -2.03. The van der Waals surface area contributed by atoms with Crippen LogP contribution in [0.15, 0.2) is 23.3 Å². The summed E-state index contributed by atoms with van der Waals surface area (Å²) < 4.78 is 0. The molecule has 7 heteroatoms. The van der Waals surface area contributed by atoms with Crippen molar-refractivity contribution in [2.45, 2.75) is 0 Å². The Morgan fingerprint density at radius 2 is 2.18 bits per heavy atom. The van der Waals surface area contributed by atoms with Gasteiger partial charge in [0.2, 0.25) is 5.71 Å². The van der Waals surface area contributed by atoms with Crippen LogP contribution in [0, 0.1) is 28.1 Å². The summed E-state index contributed by atoms with van der Waals surface area (Å²) in [5.41, 5.74) is 7.98. The summed E-state index contributed by atoms with van der Waals surface area (Å²) in [6.07, 6.45) is 0. The van der Waals surface area contributed by atoms with Crippen LogP contribution < -0.4 is 11.2 Å². The van der Waals surface area contributed by atoms with Crippen LogP contribution in [0.3, 0.4) is 0 Å². The molecule has 84 valence electrons. The van der Waals surface area contributed by atoms with Crippen molar-refractivity contribution in [1.82, 2.24) is 0 Å². The van der Waals surface area contributed by atoms with E-state index < -0.39 is 5.84 Å². The maximum atomic E-state index is 8.83. The normalized spacial score (nSPS) is 10.2. The highest BCUT2D eigenvalue weighted by molar-refractivity contribution is 6.45. The van der Waals surface area contributed by atoms with Crippen LogP contribution in [0.25, 0.3) is 0 Å². The minimum Gasteiger partial charge on any atom is -0.382 e. The van der Waals surface area contributed by atoms with Gasteiger partial charge in [0.1, 0.15) is 12.1 Å². The van der Waals surface area contributed by atoms with Gasteiger partial charge in [0, 0.05) is 5.02 Å². The van der Waals surface area contributed by atoms with E-state index in [1.54, 1.807) is 12.1 Å². The van der Waals surface area contributed by atoms with E-state index in [0.29, 0.717) is 16.3 Å². The highest BCUT2D eigenvalue weighted by Gasteiger charge is 2.04. The summed E-state index contributed by atoms with van der Waals surface area (Å²) in [5, 5.41) is 28.5. The molecule has 0 aliphatic heterocycles. The molecule has 0 atom stereocenters. The lowest BCUT2D eigenvalue weighted by atomic mass is 10.2. The van der Waals surface area contributed by atoms with E-state index in [1.165, 1.54) is 12.1 Å². The third-order valence-electron chi connectivity index (χ3n) is 1.75. The Hall–Kier alpha value is -2.57. The molecule has 1 rings (SSSR count). The zero-order chi connectivity index (χ0) is 12.8. The van der Waals surface area contributed by atoms with Gasteiger partial charge in [-0.05, 0) is 18.2 Å². The minimum atomic E-state index is -0.458. The van der Waals surface area contributed by atoms with Gasteiger partial charge < -0.3 is 5.73 Å². The molecule has 0 heterocycles. The summed E-state index contributed by atoms with van der Waals surface area (Å²) in [7, 11) is 0. The van der Waals surface area contributed by atoms with Gasteiger partial charge in [0.05, 0.1) is 11.3 Å². The number of benzene rings is 1. The molecular weight excluding hydrogens is 240 g/mol. The molecule has 0 saturated heterocycles. The number of nitrogens with two attached hydrogens (primary N) is 1. The van der Waals surface area contributed by atoms with Gasteiger partial charge in [0.25, 0.3) is 0 Å².